The van der Waals surface area contributed by atoms with E-state index in [4.69, 9.17) is 0 Å². The molecule has 0 heterocycles. The third-order valence-electron chi connectivity index (χ3n) is 3.71. The number of rotatable bonds is 5. The van der Waals surface area contributed by atoms with Crippen molar-refractivity contribution in [3.8, 4) is 0 Å². The molecule has 0 aliphatic heterocycles. The van der Waals surface area contributed by atoms with Crippen molar-refractivity contribution < 1.29 is 0 Å². The minimum Gasteiger partial charge on any atom is -0.319 e. The second-order valence-electron chi connectivity index (χ2n) is 5.11. The molecule has 1 nitrogen and oxygen atoms in total. The van der Waals surface area contributed by atoms with E-state index < -0.39 is 0 Å². The van der Waals surface area contributed by atoms with Crippen molar-refractivity contribution in [3.05, 3.63) is 0 Å². The Labute approximate surface area is 84.3 Å². The molecule has 0 amide bonds. The van der Waals surface area contributed by atoms with E-state index >= 15 is 0 Å². The van der Waals surface area contributed by atoms with Gasteiger partial charge in [-0.15, -0.1) is 0 Å². The molecular formula is C12H27N. The van der Waals surface area contributed by atoms with Crippen molar-refractivity contribution >= 4 is 0 Å². The molecule has 1 heteroatoms. The molecule has 0 radical (unpaired) electrons. The SMILES string of the molecule is CNCC(C(C)C)(C(C)C)C(C)C. The fraction of sp³-hybridized carbons (Fsp3) is 1.00. The Hall–Kier alpha value is -0.0400. The lowest BCUT2D eigenvalue weighted by Gasteiger charge is -2.45. The summed E-state index contributed by atoms with van der Waals surface area (Å²) in [5, 5.41) is 3.35. The molecule has 0 atom stereocenters. The van der Waals surface area contributed by atoms with Crippen molar-refractivity contribution in [2.24, 2.45) is 23.2 Å². The summed E-state index contributed by atoms with van der Waals surface area (Å²) in [7, 11) is 2.06. The Morgan fingerprint density at radius 1 is 0.846 bits per heavy atom. The van der Waals surface area contributed by atoms with Gasteiger partial charge < -0.3 is 5.32 Å². The first kappa shape index (κ1) is 13.0. The van der Waals surface area contributed by atoms with E-state index in [0.717, 1.165) is 24.3 Å². The normalized spacial score (nSPS) is 13.4. The van der Waals surface area contributed by atoms with E-state index in [1.54, 1.807) is 0 Å². The van der Waals surface area contributed by atoms with E-state index in [0.29, 0.717) is 5.41 Å². The van der Waals surface area contributed by atoms with Crippen LogP contribution in [0.25, 0.3) is 0 Å². The third-order valence-corrected chi connectivity index (χ3v) is 3.71. The van der Waals surface area contributed by atoms with Crippen LogP contribution in [-0.2, 0) is 0 Å². The van der Waals surface area contributed by atoms with E-state index in [1.807, 2.05) is 0 Å². The van der Waals surface area contributed by atoms with Gasteiger partial charge in [-0.3, -0.25) is 0 Å². The Bertz CT molecular complexity index is 114. The molecule has 0 aliphatic rings. The van der Waals surface area contributed by atoms with Crippen LogP contribution in [0.4, 0.5) is 0 Å². The van der Waals surface area contributed by atoms with Crippen LogP contribution < -0.4 is 5.32 Å². The minimum absolute atomic E-state index is 0.439. The summed E-state index contributed by atoms with van der Waals surface area (Å²) < 4.78 is 0. The van der Waals surface area contributed by atoms with Gasteiger partial charge in [-0.1, -0.05) is 41.5 Å². The van der Waals surface area contributed by atoms with Crippen molar-refractivity contribution in [3.63, 3.8) is 0 Å². The molecule has 0 unspecified atom stereocenters. The molecule has 0 rings (SSSR count). The quantitative estimate of drug-likeness (QED) is 0.694. The van der Waals surface area contributed by atoms with E-state index in [-0.39, 0.29) is 0 Å². The maximum absolute atomic E-state index is 3.35. The molecular weight excluding hydrogens is 158 g/mol. The molecule has 13 heavy (non-hydrogen) atoms. The Kier molecular flexibility index (Phi) is 4.98. The molecule has 80 valence electrons. The van der Waals surface area contributed by atoms with Crippen LogP contribution in [0.1, 0.15) is 41.5 Å². The van der Waals surface area contributed by atoms with Gasteiger partial charge in [0.1, 0.15) is 0 Å². The van der Waals surface area contributed by atoms with Crippen molar-refractivity contribution in [1.29, 1.82) is 0 Å². The summed E-state index contributed by atoms with van der Waals surface area (Å²) >= 11 is 0. The zero-order valence-electron chi connectivity index (χ0n) is 10.4. The molecule has 0 aromatic rings. The Morgan fingerprint density at radius 3 is 1.23 bits per heavy atom. The van der Waals surface area contributed by atoms with Gasteiger partial charge in [0.25, 0.3) is 0 Å². The van der Waals surface area contributed by atoms with Gasteiger partial charge in [0.15, 0.2) is 0 Å². The van der Waals surface area contributed by atoms with E-state index in [1.165, 1.54) is 0 Å². The smallest absolute Gasteiger partial charge is 0.00122 e. The van der Waals surface area contributed by atoms with Crippen LogP contribution in [0.15, 0.2) is 0 Å². The number of hydrogen-bond donors (Lipinski definition) is 1. The van der Waals surface area contributed by atoms with E-state index in [2.05, 4.69) is 53.9 Å². The van der Waals surface area contributed by atoms with Crippen LogP contribution in [0.3, 0.4) is 0 Å². The van der Waals surface area contributed by atoms with Crippen LogP contribution in [0.5, 0.6) is 0 Å². The molecule has 0 aromatic carbocycles. The van der Waals surface area contributed by atoms with Gasteiger partial charge in [-0.25, -0.2) is 0 Å². The first-order chi connectivity index (χ1) is 5.89. The average Bonchev–Trinajstić information content (AvgIpc) is 1.97. The van der Waals surface area contributed by atoms with Crippen LogP contribution >= 0.6 is 0 Å². The lowest BCUT2D eigenvalue weighted by molar-refractivity contribution is 0.0516. The summed E-state index contributed by atoms with van der Waals surface area (Å²) in [6, 6.07) is 0. The number of hydrogen-bond acceptors (Lipinski definition) is 1. The Morgan fingerprint density at radius 2 is 1.15 bits per heavy atom. The van der Waals surface area contributed by atoms with Gasteiger partial charge in [0, 0.05) is 6.54 Å². The van der Waals surface area contributed by atoms with Gasteiger partial charge in [0.2, 0.25) is 0 Å². The van der Waals surface area contributed by atoms with Gasteiger partial charge >= 0.3 is 0 Å². The standard InChI is InChI=1S/C12H27N/c1-9(2)12(8-13-7,10(3)4)11(5)6/h9-11,13H,8H2,1-7H3. The van der Waals surface area contributed by atoms with Crippen molar-refractivity contribution in [2.75, 3.05) is 13.6 Å². The molecule has 0 bridgehead atoms. The van der Waals surface area contributed by atoms with Crippen LogP contribution in [-0.4, -0.2) is 13.6 Å². The summed E-state index contributed by atoms with van der Waals surface area (Å²) in [5.74, 6) is 2.21. The fourth-order valence-electron chi connectivity index (χ4n) is 2.92. The average molecular weight is 185 g/mol. The molecule has 0 fully saturated rings. The first-order valence-corrected chi connectivity index (χ1v) is 5.54. The van der Waals surface area contributed by atoms with Crippen molar-refractivity contribution in [2.45, 2.75) is 41.5 Å². The van der Waals surface area contributed by atoms with Crippen molar-refractivity contribution in [1.82, 2.24) is 5.32 Å². The second-order valence-corrected chi connectivity index (χ2v) is 5.11. The predicted octanol–water partition coefficient (Wildman–Crippen LogP) is 3.16. The third kappa shape index (κ3) is 2.46. The summed E-state index contributed by atoms with van der Waals surface area (Å²) in [5.41, 5.74) is 0.439. The maximum atomic E-state index is 3.35. The van der Waals surface area contributed by atoms with Crippen LogP contribution in [0, 0.1) is 23.2 Å². The first-order valence-electron chi connectivity index (χ1n) is 5.54. The largest absolute Gasteiger partial charge is 0.319 e. The highest BCUT2D eigenvalue weighted by atomic mass is 14.8. The van der Waals surface area contributed by atoms with Gasteiger partial charge in [0.05, 0.1) is 0 Å². The molecule has 0 aliphatic carbocycles. The van der Waals surface area contributed by atoms with Crippen LogP contribution in [0.2, 0.25) is 0 Å². The highest BCUT2D eigenvalue weighted by molar-refractivity contribution is 4.89. The summed E-state index contributed by atoms with van der Waals surface area (Å²) in [6.07, 6.45) is 0. The minimum atomic E-state index is 0.439. The lowest BCUT2D eigenvalue weighted by atomic mass is 9.62. The van der Waals surface area contributed by atoms with Gasteiger partial charge in [-0.05, 0) is 30.2 Å². The highest BCUT2D eigenvalue weighted by Gasteiger charge is 2.39. The van der Waals surface area contributed by atoms with E-state index in [9.17, 15) is 0 Å². The summed E-state index contributed by atoms with van der Waals surface area (Å²) in [6.45, 7) is 15.2. The zero-order valence-corrected chi connectivity index (χ0v) is 10.4. The summed E-state index contributed by atoms with van der Waals surface area (Å²) in [4.78, 5) is 0. The number of nitrogens with one attached hydrogen (secondary N) is 1. The maximum Gasteiger partial charge on any atom is 0.00122 e. The Balaban J connectivity index is 4.82. The molecule has 1 N–H and O–H groups in total. The lowest BCUT2D eigenvalue weighted by Crippen LogP contribution is -2.45. The monoisotopic (exact) mass is 185 g/mol. The molecule has 0 spiro atoms. The molecule has 0 saturated carbocycles. The fourth-order valence-corrected chi connectivity index (χ4v) is 2.92. The highest BCUT2D eigenvalue weighted by Crippen LogP contribution is 2.42. The molecule has 0 aromatic heterocycles. The topological polar surface area (TPSA) is 12.0 Å². The molecule has 0 saturated heterocycles. The predicted molar refractivity (Wildman–Crippen MR) is 60.9 cm³/mol. The zero-order chi connectivity index (χ0) is 10.6. The second kappa shape index (κ2) is 4.99. The van der Waals surface area contributed by atoms with Gasteiger partial charge in [-0.2, -0.15) is 0 Å².